The molecule has 1 aliphatic heterocycles. The molecule has 1 amide bonds. The van der Waals surface area contributed by atoms with Gasteiger partial charge in [-0.05, 0) is 36.1 Å². The Balaban J connectivity index is 1.47. The van der Waals surface area contributed by atoms with E-state index in [2.05, 4.69) is 40.5 Å². The van der Waals surface area contributed by atoms with E-state index in [1.165, 1.54) is 22.6 Å². The molecule has 2 atom stereocenters. The molecule has 0 radical (unpaired) electrons. The number of hydrogen-bond donors (Lipinski definition) is 1. The average Bonchev–Trinajstić information content (AvgIpc) is 3.16. The Hall–Kier alpha value is -1.24. The molecule has 0 aromatic carbocycles. The summed E-state index contributed by atoms with van der Waals surface area (Å²) in [5.74, 6) is 1.55. The van der Waals surface area contributed by atoms with E-state index in [4.69, 9.17) is 0 Å². The number of anilines is 1. The Morgan fingerprint density at radius 2 is 2.12 bits per heavy atom. The Kier molecular flexibility index (Phi) is 6.03. The van der Waals surface area contributed by atoms with E-state index in [1.54, 1.807) is 11.3 Å². The summed E-state index contributed by atoms with van der Waals surface area (Å²) in [7, 11) is 0. The van der Waals surface area contributed by atoms with Crippen LogP contribution in [0.25, 0.3) is 0 Å². The van der Waals surface area contributed by atoms with Crippen LogP contribution in [0.1, 0.15) is 37.3 Å². The molecule has 24 heavy (non-hydrogen) atoms. The van der Waals surface area contributed by atoms with Crippen molar-refractivity contribution < 1.29 is 4.79 Å². The van der Waals surface area contributed by atoms with Crippen LogP contribution in [0.3, 0.4) is 0 Å². The van der Waals surface area contributed by atoms with Crippen LogP contribution >= 0.6 is 22.7 Å². The third-order valence-corrected chi connectivity index (χ3v) is 6.05. The number of likely N-dealkylation sites (tertiary alicyclic amines) is 1. The molecule has 130 valence electrons. The van der Waals surface area contributed by atoms with Crippen molar-refractivity contribution >= 4 is 33.7 Å². The van der Waals surface area contributed by atoms with Crippen LogP contribution in [0.5, 0.6) is 0 Å². The molecule has 3 rings (SSSR count). The van der Waals surface area contributed by atoms with E-state index in [0.29, 0.717) is 6.42 Å². The first-order chi connectivity index (χ1) is 11.6. The number of thiazole rings is 1. The van der Waals surface area contributed by atoms with E-state index in [0.717, 1.165) is 48.7 Å². The second-order valence-corrected chi connectivity index (χ2v) is 8.80. The molecule has 4 nitrogen and oxygen atoms in total. The first kappa shape index (κ1) is 17.6. The summed E-state index contributed by atoms with van der Waals surface area (Å²) in [4.78, 5) is 20.4. The standard InChI is InChI=1S/C18H25N3OS2/c1-13-8-14(2)10-21(9-13)11-15-12-24-18(19-15)20-17(22)6-5-16-4-3-7-23-16/h3-4,7,12-14H,5-6,8-11H2,1-2H3,(H,19,20,22). The van der Waals surface area contributed by atoms with Gasteiger partial charge in [-0.1, -0.05) is 19.9 Å². The summed E-state index contributed by atoms with van der Waals surface area (Å²) < 4.78 is 0. The van der Waals surface area contributed by atoms with Crippen LogP contribution < -0.4 is 5.32 Å². The normalized spacial score (nSPS) is 21.8. The average molecular weight is 364 g/mol. The van der Waals surface area contributed by atoms with Gasteiger partial charge < -0.3 is 5.32 Å². The van der Waals surface area contributed by atoms with Crippen LogP contribution in [0.15, 0.2) is 22.9 Å². The van der Waals surface area contributed by atoms with Gasteiger partial charge in [0.2, 0.25) is 5.91 Å². The summed E-state index contributed by atoms with van der Waals surface area (Å²) in [6, 6.07) is 4.09. The zero-order valence-corrected chi connectivity index (χ0v) is 16.0. The lowest BCUT2D eigenvalue weighted by Gasteiger charge is -2.34. The molecule has 2 aromatic rings. The predicted molar refractivity (Wildman–Crippen MR) is 102 cm³/mol. The Labute approximate surface area is 151 Å². The van der Waals surface area contributed by atoms with Gasteiger partial charge in [0.05, 0.1) is 5.69 Å². The van der Waals surface area contributed by atoms with E-state index < -0.39 is 0 Å². The van der Waals surface area contributed by atoms with Crippen molar-refractivity contribution in [2.45, 2.75) is 39.7 Å². The smallest absolute Gasteiger partial charge is 0.226 e. The Morgan fingerprint density at radius 3 is 2.83 bits per heavy atom. The number of hydrogen-bond acceptors (Lipinski definition) is 5. The third-order valence-electron chi connectivity index (χ3n) is 4.31. The number of aromatic nitrogens is 1. The van der Waals surface area contributed by atoms with Gasteiger partial charge in [-0.3, -0.25) is 9.69 Å². The van der Waals surface area contributed by atoms with Crippen molar-refractivity contribution in [1.29, 1.82) is 0 Å². The minimum Gasteiger partial charge on any atom is -0.302 e. The first-order valence-electron chi connectivity index (χ1n) is 8.57. The van der Waals surface area contributed by atoms with E-state index in [9.17, 15) is 4.79 Å². The SMILES string of the molecule is CC1CC(C)CN(Cc2csc(NC(=O)CCc3cccs3)n2)C1. The Bertz CT molecular complexity index is 643. The van der Waals surface area contributed by atoms with Crippen LogP contribution in [-0.4, -0.2) is 28.9 Å². The van der Waals surface area contributed by atoms with E-state index in [-0.39, 0.29) is 5.91 Å². The number of piperidine rings is 1. The van der Waals surface area contributed by atoms with Gasteiger partial charge in [-0.15, -0.1) is 22.7 Å². The summed E-state index contributed by atoms with van der Waals surface area (Å²) in [5, 5.41) is 7.77. The number of thiophene rings is 1. The molecule has 6 heteroatoms. The quantitative estimate of drug-likeness (QED) is 0.834. The predicted octanol–water partition coefficient (Wildman–Crippen LogP) is 4.25. The van der Waals surface area contributed by atoms with Crippen molar-refractivity contribution in [2.75, 3.05) is 18.4 Å². The van der Waals surface area contributed by atoms with Crippen LogP contribution in [0, 0.1) is 11.8 Å². The van der Waals surface area contributed by atoms with Crippen molar-refractivity contribution in [2.24, 2.45) is 11.8 Å². The lowest BCUT2D eigenvalue weighted by molar-refractivity contribution is -0.116. The van der Waals surface area contributed by atoms with Gasteiger partial charge in [0.15, 0.2) is 5.13 Å². The van der Waals surface area contributed by atoms with E-state index in [1.807, 2.05) is 11.4 Å². The number of carbonyl (C=O) groups is 1. The number of nitrogens with one attached hydrogen (secondary N) is 1. The minimum absolute atomic E-state index is 0.0458. The highest BCUT2D eigenvalue weighted by Gasteiger charge is 2.22. The second-order valence-electron chi connectivity index (χ2n) is 6.91. The Morgan fingerprint density at radius 1 is 1.33 bits per heavy atom. The molecule has 0 aliphatic carbocycles. The van der Waals surface area contributed by atoms with E-state index >= 15 is 0 Å². The molecular formula is C18H25N3OS2. The van der Waals surface area contributed by atoms with Crippen molar-refractivity contribution in [3.05, 3.63) is 33.5 Å². The van der Waals surface area contributed by atoms with Gasteiger partial charge in [-0.2, -0.15) is 0 Å². The van der Waals surface area contributed by atoms with Crippen LogP contribution in [0.2, 0.25) is 0 Å². The highest BCUT2D eigenvalue weighted by atomic mass is 32.1. The number of amides is 1. The molecule has 0 bridgehead atoms. The largest absolute Gasteiger partial charge is 0.302 e. The molecule has 1 fully saturated rings. The van der Waals surface area contributed by atoms with Crippen LogP contribution in [0.4, 0.5) is 5.13 Å². The first-order valence-corrected chi connectivity index (χ1v) is 10.3. The maximum atomic E-state index is 12.0. The second kappa shape index (κ2) is 8.23. The van der Waals surface area contributed by atoms with Gasteiger partial charge >= 0.3 is 0 Å². The maximum Gasteiger partial charge on any atom is 0.226 e. The highest BCUT2D eigenvalue weighted by molar-refractivity contribution is 7.14. The van der Waals surface area contributed by atoms with Gasteiger partial charge in [0.25, 0.3) is 0 Å². The van der Waals surface area contributed by atoms with Crippen molar-refractivity contribution in [3.63, 3.8) is 0 Å². The number of aryl methyl sites for hydroxylation is 1. The minimum atomic E-state index is 0.0458. The molecule has 3 heterocycles. The fraction of sp³-hybridized carbons (Fsp3) is 0.556. The summed E-state index contributed by atoms with van der Waals surface area (Å²) in [5.41, 5.74) is 1.06. The number of nitrogens with zero attached hydrogens (tertiary/aromatic N) is 2. The van der Waals surface area contributed by atoms with Gasteiger partial charge in [-0.25, -0.2) is 4.98 Å². The lowest BCUT2D eigenvalue weighted by atomic mass is 9.92. The summed E-state index contributed by atoms with van der Waals surface area (Å²) >= 11 is 3.22. The highest BCUT2D eigenvalue weighted by Crippen LogP contribution is 2.24. The summed E-state index contributed by atoms with van der Waals surface area (Å²) in [6.07, 6.45) is 2.63. The van der Waals surface area contributed by atoms with Crippen LogP contribution in [-0.2, 0) is 17.8 Å². The molecule has 1 N–H and O–H groups in total. The molecule has 2 unspecified atom stereocenters. The topological polar surface area (TPSA) is 45.2 Å². The van der Waals surface area contributed by atoms with Crippen molar-refractivity contribution in [3.8, 4) is 0 Å². The summed E-state index contributed by atoms with van der Waals surface area (Å²) in [6.45, 7) is 7.82. The molecular weight excluding hydrogens is 338 g/mol. The fourth-order valence-corrected chi connectivity index (χ4v) is 4.89. The molecule has 2 aromatic heterocycles. The fourth-order valence-electron chi connectivity index (χ4n) is 3.46. The monoisotopic (exact) mass is 363 g/mol. The maximum absolute atomic E-state index is 12.0. The zero-order chi connectivity index (χ0) is 16.9. The van der Waals surface area contributed by atoms with Gasteiger partial charge in [0.1, 0.15) is 0 Å². The molecule has 0 spiro atoms. The lowest BCUT2D eigenvalue weighted by Crippen LogP contribution is -2.38. The zero-order valence-electron chi connectivity index (χ0n) is 14.3. The molecule has 1 aliphatic rings. The molecule has 0 saturated carbocycles. The van der Waals surface area contributed by atoms with Gasteiger partial charge in [0, 0.05) is 36.3 Å². The number of rotatable bonds is 6. The third kappa shape index (κ3) is 5.13. The van der Waals surface area contributed by atoms with Crippen molar-refractivity contribution in [1.82, 2.24) is 9.88 Å². The number of carbonyl (C=O) groups excluding carboxylic acids is 1. The molecule has 1 saturated heterocycles.